The largest absolute Gasteiger partial charge is 0.299 e. The van der Waals surface area contributed by atoms with Gasteiger partial charge in [-0.2, -0.15) is 0 Å². The first-order chi connectivity index (χ1) is 8.93. The normalized spacial score (nSPS) is 29.9. The minimum Gasteiger partial charge on any atom is -0.299 e. The Morgan fingerprint density at radius 2 is 2.16 bits per heavy atom. The number of hydrogen-bond donors (Lipinski definition) is 0. The molecule has 0 radical (unpaired) electrons. The number of hydrogen-bond acceptors (Lipinski definition) is 3. The van der Waals surface area contributed by atoms with Crippen molar-refractivity contribution in [2.75, 3.05) is 0 Å². The summed E-state index contributed by atoms with van der Waals surface area (Å²) in [5.41, 5.74) is 1.21. The summed E-state index contributed by atoms with van der Waals surface area (Å²) in [5.74, 6) is 2.34. The first kappa shape index (κ1) is 13.3. The Balaban J connectivity index is 1.65. The van der Waals surface area contributed by atoms with Crippen molar-refractivity contribution in [1.29, 1.82) is 0 Å². The Hall–Kier alpha value is -0.700. The van der Waals surface area contributed by atoms with Crippen LogP contribution in [-0.4, -0.2) is 10.8 Å². The van der Waals surface area contributed by atoms with E-state index in [0.717, 1.165) is 23.0 Å². The fraction of sp³-hybridized carbons (Fsp3) is 0.750. The van der Waals surface area contributed by atoms with Crippen molar-refractivity contribution in [2.45, 2.75) is 58.3 Å². The van der Waals surface area contributed by atoms with E-state index in [1.807, 2.05) is 0 Å². The molecular weight excluding hydrogens is 254 g/mol. The molecule has 3 unspecified atom stereocenters. The number of rotatable bonds is 3. The third kappa shape index (κ3) is 2.62. The van der Waals surface area contributed by atoms with Gasteiger partial charge in [-0.3, -0.25) is 4.79 Å². The summed E-state index contributed by atoms with van der Waals surface area (Å²) in [7, 11) is 0. The lowest BCUT2D eigenvalue weighted by molar-refractivity contribution is -0.123. The first-order valence-electron chi connectivity index (χ1n) is 7.41. The molecule has 2 aliphatic rings. The molecule has 1 aromatic heterocycles. The van der Waals surface area contributed by atoms with Crippen molar-refractivity contribution in [1.82, 2.24) is 4.98 Å². The molecule has 0 aliphatic heterocycles. The number of nitrogens with zero attached hydrogens (tertiary/aromatic N) is 1. The lowest BCUT2D eigenvalue weighted by Crippen LogP contribution is -2.22. The monoisotopic (exact) mass is 277 g/mol. The van der Waals surface area contributed by atoms with E-state index in [1.165, 1.54) is 19.3 Å². The molecule has 0 saturated heterocycles. The van der Waals surface area contributed by atoms with Crippen molar-refractivity contribution in [3.05, 3.63) is 16.1 Å². The predicted octanol–water partition coefficient (Wildman–Crippen LogP) is 3.99. The summed E-state index contributed by atoms with van der Waals surface area (Å²) < 4.78 is 0. The van der Waals surface area contributed by atoms with E-state index in [2.05, 4.69) is 31.1 Å². The fourth-order valence-electron chi connectivity index (χ4n) is 3.66. The first-order valence-corrected chi connectivity index (χ1v) is 8.29. The van der Waals surface area contributed by atoms with Crippen LogP contribution in [-0.2, 0) is 16.6 Å². The summed E-state index contributed by atoms with van der Waals surface area (Å²) >= 11 is 1.65. The number of aromatic nitrogens is 1. The third-order valence-corrected chi connectivity index (χ3v) is 5.65. The number of ketones is 1. The molecule has 19 heavy (non-hydrogen) atoms. The molecule has 1 aromatic rings. The van der Waals surface area contributed by atoms with Crippen molar-refractivity contribution >= 4 is 17.1 Å². The maximum absolute atomic E-state index is 12.4. The third-order valence-electron chi connectivity index (χ3n) is 4.80. The van der Waals surface area contributed by atoms with E-state index < -0.39 is 0 Å². The molecule has 2 aliphatic carbocycles. The Labute approximate surface area is 119 Å². The zero-order valence-electron chi connectivity index (χ0n) is 12.1. The average molecular weight is 277 g/mol. The van der Waals surface area contributed by atoms with Gasteiger partial charge in [0.25, 0.3) is 0 Å². The number of carbonyl (C=O) groups is 1. The molecule has 0 spiro atoms. The maximum Gasteiger partial charge on any atom is 0.143 e. The van der Waals surface area contributed by atoms with Gasteiger partial charge in [-0.15, -0.1) is 11.3 Å². The molecule has 3 atom stereocenters. The van der Waals surface area contributed by atoms with Gasteiger partial charge >= 0.3 is 0 Å². The molecule has 2 saturated carbocycles. The SMILES string of the molecule is CC(C)(C)c1csc(CC(=O)C2CC3CCC2C3)n1. The van der Waals surface area contributed by atoms with E-state index in [9.17, 15) is 4.79 Å². The smallest absolute Gasteiger partial charge is 0.143 e. The van der Waals surface area contributed by atoms with Crippen molar-refractivity contribution in [2.24, 2.45) is 17.8 Å². The zero-order chi connectivity index (χ0) is 13.6. The van der Waals surface area contributed by atoms with Crippen LogP contribution in [0.15, 0.2) is 5.38 Å². The average Bonchev–Trinajstić information content (AvgIpc) is 3.02. The highest BCUT2D eigenvalue weighted by molar-refractivity contribution is 7.09. The summed E-state index contributed by atoms with van der Waals surface area (Å²) in [6.07, 6.45) is 5.67. The highest BCUT2D eigenvalue weighted by Crippen LogP contribution is 2.48. The van der Waals surface area contributed by atoms with E-state index in [-0.39, 0.29) is 5.41 Å². The Bertz CT molecular complexity index is 485. The number of carbonyl (C=O) groups excluding carboxylic acids is 1. The quantitative estimate of drug-likeness (QED) is 0.836. The van der Waals surface area contributed by atoms with Gasteiger partial charge in [0.2, 0.25) is 0 Å². The molecule has 0 aromatic carbocycles. The fourth-order valence-corrected chi connectivity index (χ4v) is 4.69. The van der Waals surface area contributed by atoms with Gasteiger partial charge in [0.15, 0.2) is 0 Å². The van der Waals surface area contributed by atoms with Gasteiger partial charge in [-0.25, -0.2) is 4.98 Å². The number of thiazole rings is 1. The lowest BCUT2D eigenvalue weighted by Gasteiger charge is -2.19. The van der Waals surface area contributed by atoms with Gasteiger partial charge in [-0.05, 0) is 31.1 Å². The summed E-state index contributed by atoms with van der Waals surface area (Å²) in [6, 6.07) is 0. The van der Waals surface area contributed by atoms with Crippen LogP contribution in [0.2, 0.25) is 0 Å². The minimum absolute atomic E-state index is 0.0875. The molecule has 3 rings (SSSR count). The second-order valence-electron chi connectivity index (χ2n) is 7.30. The Morgan fingerprint density at radius 1 is 1.37 bits per heavy atom. The molecule has 0 amide bonds. The second kappa shape index (κ2) is 4.69. The van der Waals surface area contributed by atoms with Crippen LogP contribution >= 0.6 is 11.3 Å². The second-order valence-corrected chi connectivity index (χ2v) is 8.24. The summed E-state index contributed by atoms with van der Waals surface area (Å²) in [4.78, 5) is 17.1. The standard InChI is InChI=1S/C16H23NOS/c1-16(2,3)14-9-19-15(17-14)8-13(18)12-7-10-4-5-11(12)6-10/h9-12H,4-8H2,1-3H3. The molecule has 0 N–H and O–H groups in total. The molecule has 104 valence electrons. The highest BCUT2D eigenvalue weighted by atomic mass is 32.1. The van der Waals surface area contributed by atoms with E-state index in [1.54, 1.807) is 11.3 Å². The minimum atomic E-state index is 0.0875. The van der Waals surface area contributed by atoms with Crippen LogP contribution in [0.1, 0.15) is 57.2 Å². The van der Waals surface area contributed by atoms with Crippen LogP contribution in [0.4, 0.5) is 0 Å². The van der Waals surface area contributed by atoms with Crippen LogP contribution < -0.4 is 0 Å². The van der Waals surface area contributed by atoms with Gasteiger partial charge in [-0.1, -0.05) is 27.2 Å². The molecule has 3 heteroatoms. The highest BCUT2D eigenvalue weighted by Gasteiger charge is 2.42. The molecule has 2 fully saturated rings. The van der Waals surface area contributed by atoms with Crippen LogP contribution in [0.25, 0.3) is 0 Å². The molecule has 2 nitrogen and oxygen atoms in total. The molecule has 1 heterocycles. The Kier molecular flexibility index (Phi) is 3.28. The van der Waals surface area contributed by atoms with Crippen LogP contribution in [0.5, 0.6) is 0 Å². The topological polar surface area (TPSA) is 30.0 Å². The van der Waals surface area contributed by atoms with Crippen LogP contribution in [0.3, 0.4) is 0 Å². The lowest BCUT2D eigenvalue weighted by atomic mass is 9.85. The maximum atomic E-state index is 12.4. The molecular formula is C16H23NOS. The van der Waals surface area contributed by atoms with E-state index >= 15 is 0 Å². The molecule has 2 bridgehead atoms. The number of Topliss-reactive ketones (excluding diaryl/α,β-unsaturated/α-hetero) is 1. The van der Waals surface area contributed by atoms with Crippen LogP contribution in [0, 0.1) is 17.8 Å². The zero-order valence-corrected chi connectivity index (χ0v) is 12.9. The number of fused-ring (bicyclic) bond motifs is 2. The predicted molar refractivity (Wildman–Crippen MR) is 78.5 cm³/mol. The summed E-state index contributed by atoms with van der Waals surface area (Å²) in [6.45, 7) is 6.51. The van der Waals surface area contributed by atoms with E-state index in [0.29, 0.717) is 24.0 Å². The van der Waals surface area contributed by atoms with E-state index in [4.69, 9.17) is 0 Å². The summed E-state index contributed by atoms with van der Waals surface area (Å²) in [5, 5.41) is 3.13. The van der Waals surface area contributed by atoms with Gasteiger partial charge in [0.05, 0.1) is 12.1 Å². The van der Waals surface area contributed by atoms with Crippen molar-refractivity contribution < 1.29 is 4.79 Å². The van der Waals surface area contributed by atoms with Gasteiger partial charge < -0.3 is 0 Å². The van der Waals surface area contributed by atoms with Gasteiger partial charge in [0, 0.05) is 16.7 Å². The Morgan fingerprint density at radius 3 is 2.68 bits per heavy atom. The van der Waals surface area contributed by atoms with Crippen molar-refractivity contribution in [3.63, 3.8) is 0 Å². The van der Waals surface area contributed by atoms with Gasteiger partial charge in [0.1, 0.15) is 10.8 Å². The van der Waals surface area contributed by atoms with Crippen molar-refractivity contribution in [3.8, 4) is 0 Å².